The highest BCUT2D eigenvalue weighted by Gasteiger charge is 2.41. The first-order valence-corrected chi connectivity index (χ1v) is 5.92. The van der Waals surface area contributed by atoms with Crippen LogP contribution in [-0.2, 0) is 4.74 Å². The molecule has 94 valence electrons. The Morgan fingerprint density at radius 1 is 1.44 bits per heavy atom. The Bertz CT molecular complexity index is 254. The number of ether oxygens (including phenoxy) is 1. The summed E-state index contributed by atoms with van der Waals surface area (Å²) in [5.74, 6) is 0. The van der Waals surface area contributed by atoms with Gasteiger partial charge in [-0.25, -0.2) is 4.79 Å². The van der Waals surface area contributed by atoms with Crippen LogP contribution in [0.3, 0.4) is 0 Å². The predicted octanol–water partition coefficient (Wildman–Crippen LogP) is 1.98. The Morgan fingerprint density at radius 3 is 2.38 bits per heavy atom. The number of nitrogens with zero attached hydrogens (tertiary/aromatic N) is 1. The van der Waals surface area contributed by atoms with E-state index < -0.39 is 5.60 Å². The van der Waals surface area contributed by atoms with Crippen LogP contribution in [0.25, 0.3) is 0 Å². The van der Waals surface area contributed by atoms with Gasteiger partial charge in [-0.2, -0.15) is 0 Å². The average Bonchev–Trinajstić information content (AvgIpc) is 2.92. The first-order chi connectivity index (χ1) is 7.28. The van der Waals surface area contributed by atoms with E-state index >= 15 is 0 Å². The second-order valence-electron chi connectivity index (χ2n) is 5.86. The summed E-state index contributed by atoms with van der Waals surface area (Å²) in [7, 11) is 1.78. The number of carbonyl (C=O) groups excluding carboxylic acids is 1. The summed E-state index contributed by atoms with van der Waals surface area (Å²) in [5.41, 5.74) is 5.59. The third-order valence-corrected chi connectivity index (χ3v) is 3.07. The van der Waals surface area contributed by atoms with Gasteiger partial charge < -0.3 is 15.4 Å². The Morgan fingerprint density at radius 2 is 2.00 bits per heavy atom. The Labute approximate surface area is 98.1 Å². The number of rotatable bonds is 4. The van der Waals surface area contributed by atoms with Gasteiger partial charge in [-0.1, -0.05) is 0 Å². The molecule has 4 heteroatoms. The first kappa shape index (κ1) is 13.3. The van der Waals surface area contributed by atoms with Gasteiger partial charge in [0.25, 0.3) is 0 Å². The minimum atomic E-state index is -0.420. The molecule has 1 aliphatic rings. The Kier molecular flexibility index (Phi) is 3.84. The van der Waals surface area contributed by atoms with Crippen molar-refractivity contribution in [3.63, 3.8) is 0 Å². The van der Waals surface area contributed by atoms with E-state index in [2.05, 4.69) is 0 Å². The summed E-state index contributed by atoms with van der Waals surface area (Å²) >= 11 is 0. The van der Waals surface area contributed by atoms with Gasteiger partial charge in [0.05, 0.1) is 0 Å². The molecular formula is C12H24N2O2. The minimum Gasteiger partial charge on any atom is -0.444 e. The third kappa shape index (κ3) is 4.00. The summed E-state index contributed by atoms with van der Waals surface area (Å²) in [6.07, 6.45) is 3.14. The SMILES string of the molecule is CN(CCC1(CN)CC1)C(=O)OC(C)(C)C. The number of nitrogens with two attached hydrogens (primary N) is 1. The molecule has 4 nitrogen and oxygen atoms in total. The maximum absolute atomic E-state index is 11.7. The van der Waals surface area contributed by atoms with E-state index in [-0.39, 0.29) is 6.09 Å². The van der Waals surface area contributed by atoms with Crippen molar-refractivity contribution in [3.05, 3.63) is 0 Å². The van der Waals surface area contributed by atoms with Crippen LogP contribution in [0.5, 0.6) is 0 Å². The quantitative estimate of drug-likeness (QED) is 0.800. The third-order valence-electron chi connectivity index (χ3n) is 3.07. The molecule has 1 aliphatic carbocycles. The van der Waals surface area contributed by atoms with Gasteiger partial charge in [-0.05, 0) is 52.0 Å². The molecule has 1 saturated carbocycles. The smallest absolute Gasteiger partial charge is 0.410 e. The fourth-order valence-electron chi connectivity index (χ4n) is 1.57. The molecule has 0 aliphatic heterocycles. The van der Waals surface area contributed by atoms with E-state index in [1.165, 1.54) is 12.8 Å². The molecule has 0 aromatic rings. The summed E-state index contributed by atoms with van der Waals surface area (Å²) in [5, 5.41) is 0. The van der Waals surface area contributed by atoms with Crippen molar-refractivity contribution in [2.75, 3.05) is 20.1 Å². The maximum atomic E-state index is 11.7. The fourth-order valence-corrected chi connectivity index (χ4v) is 1.57. The van der Waals surface area contributed by atoms with Crippen molar-refractivity contribution in [2.45, 2.75) is 45.6 Å². The van der Waals surface area contributed by atoms with E-state index in [9.17, 15) is 4.79 Å². The molecule has 0 bridgehead atoms. The topological polar surface area (TPSA) is 55.6 Å². The fraction of sp³-hybridized carbons (Fsp3) is 0.917. The molecule has 0 aromatic heterocycles. The number of amides is 1. The molecule has 0 atom stereocenters. The van der Waals surface area contributed by atoms with Crippen molar-refractivity contribution >= 4 is 6.09 Å². The molecule has 0 saturated heterocycles. The zero-order chi connectivity index (χ0) is 12.4. The van der Waals surface area contributed by atoms with E-state index in [4.69, 9.17) is 10.5 Å². The second kappa shape index (κ2) is 4.62. The highest BCUT2D eigenvalue weighted by molar-refractivity contribution is 5.67. The molecule has 2 N–H and O–H groups in total. The van der Waals surface area contributed by atoms with Crippen molar-refractivity contribution in [2.24, 2.45) is 11.1 Å². The second-order valence-corrected chi connectivity index (χ2v) is 5.86. The van der Waals surface area contributed by atoms with Crippen LogP contribution in [0.1, 0.15) is 40.0 Å². The molecule has 0 aromatic carbocycles. The van der Waals surface area contributed by atoms with Crippen LogP contribution in [0, 0.1) is 5.41 Å². The van der Waals surface area contributed by atoms with E-state index in [1.54, 1.807) is 11.9 Å². The van der Waals surface area contributed by atoms with Gasteiger partial charge >= 0.3 is 6.09 Å². The summed E-state index contributed by atoms with van der Waals surface area (Å²) in [6.45, 7) is 7.09. The molecule has 1 amide bonds. The number of hydrogen-bond donors (Lipinski definition) is 1. The standard InChI is InChI=1S/C12H24N2O2/c1-11(2,3)16-10(15)14(4)8-7-12(9-13)5-6-12/h5-9,13H2,1-4H3. The minimum absolute atomic E-state index is 0.250. The van der Waals surface area contributed by atoms with Crippen LogP contribution >= 0.6 is 0 Å². The number of hydrogen-bond acceptors (Lipinski definition) is 3. The normalized spacial score (nSPS) is 18.1. The van der Waals surface area contributed by atoms with Gasteiger partial charge in [0.2, 0.25) is 0 Å². The molecule has 1 fully saturated rings. The molecule has 1 rings (SSSR count). The summed E-state index contributed by atoms with van der Waals surface area (Å²) in [4.78, 5) is 13.3. The van der Waals surface area contributed by atoms with Crippen LogP contribution in [0.2, 0.25) is 0 Å². The Balaban J connectivity index is 2.29. The van der Waals surface area contributed by atoms with Crippen LogP contribution < -0.4 is 5.73 Å². The van der Waals surface area contributed by atoms with Crippen LogP contribution in [0.15, 0.2) is 0 Å². The van der Waals surface area contributed by atoms with Gasteiger partial charge in [-0.3, -0.25) is 0 Å². The van der Waals surface area contributed by atoms with Crippen LogP contribution in [-0.4, -0.2) is 36.7 Å². The first-order valence-electron chi connectivity index (χ1n) is 5.92. The maximum Gasteiger partial charge on any atom is 0.410 e. The van der Waals surface area contributed by atoms with E-state index in [0.717, 1.165) is 19.5 Å². The lowest BCUT2D eigenvalue weighted by Gasteiger charge is -2.25. The summed E-state index contributed by atoms with van der Waals surface area (Å²) in [6, 6.07) is 0. The molecule has 0 unspecified atom stereocenters. The predicted molar refractivity (Wildman–Crippen MR) is 64.2 cm³/mol. The molecular weight excluding hydrogens is 204 g/mol. The average molecular weight is 228 g/mol. The number of carbonyl (C=O) groups is 1. The van der Waals surface area contributed by atoms with Crippen molar-refractivity contribution < 1.29 is 9.53 Å². The highest BCUT2D eigenvalue weighted by atomic mass is 16.6. The lowest BCUT2D eigenvalue weighted by Crippen LogP contribution is -2.36. The van der Waals surface area contributed by atoms with E-state index in [1.807, 2.05) is 20.8 Å². The highest BCUT2D eigenvalue weighted by Crippen LogP contribution is 2.47. The monoisotopic (exact) mass is 228 g/mol. The lowest BCUT2D eigenvalue weighted by atomic mass is 10.0. The molecule has 0 spiro atoms. The van der Waals surface area contributed by atoms with Crippen molar-refractivity contribution in [3.8, 4) is 0 Å². The van der Waals surface area contributed by atoms with Gasteiger partial charge in [0, 0.05) is 13.6 Å². The van der Waals surface area contributed by atoms with Crippen molar-refractivity contribution in [1.82, 2.24) is 4.90 Å². The largest absolute Gasteiger partial charge is 0.444 e. The molecule has 16 heavy (non-hydrogen) atoms. The van der Waals surface area contributed by atoms with Gasteiger partial charge in [0.1, 0.15) is 5.60 Å². The molecule has 0 heterocycles. The zero-order valence-corrected chi connectivity index (χ0v) is 10.9. The molecule has 0 radical (unpaired) electrons. The Hall–Kier alpha value is -0.770. The van der Waals surface area contributed by atoms with Crippen LogP contribution in [0.4, 0.5) is 4.79 Å². The van der Waals surface area contributed by atoms with Gasteiger partial charge in [-0.15, -0.1) is 0 Å². The lowest BCUT2D eigenvalue weighted by molar-refractivity contribution is 0.0289. The van der Waals surface area contributed by atoms with Crippen molar-refractivity contribution in [1.29, 1.82) is 0 Å². The van der Waals surface area contributed by atoms with Gasteiger partial charge in [0.15, 0.2) is 0 Å². The zero-order valence-electron chi connectivity index (χ0n) is 10.9. The van der Waals surface area contributed by atoms with E-state index in [0.29, 0.717) is 5.41 Å². The summed E-state index contributed by atoms with van der Waals surface area (Å²) < 4.78 is 5.27.